The fourth-order valence-electron chi connectivity index (χ4n) is 3.59. The highest BCUT2D eigenvalue weighted by atomic mass is 19.1. The van der Waals surface area contributed by atoms with Gasteiger partial charge in [0.25, 0.3) is 5.91 Å². The first kappa shape index (κ1) is 16.4. The molecule has 6 nitrogen and oxygen atoms in total. The van der Waals surface area contributed by atoms with Gasteiger partial charge in [-0.05, 0) is 59.2 Å². The molecule has 1 heterocycles. The first-order valence-corrected chi connectivity index (χ1v) is 8.58. The van der Waals surface area contributed by atoms with Crippen LogP contribution in [0.25, 0.3) is 5.69 Å². The lowest BCUT2D eigenvalue weighted by Gasteiger charge is -2.31. The molecule has 4 rings (SSSR count). The summed E-state index contributed by atoms with van der Waals surface area (Å²) >= 11 is 0. The minimum Gasteiger partial charge on any atom is -0.343 e. The molecule has 0 atom stereocenters. The predicted octanol–water partition coefficient (Wildman–Crippen LogP) is 3.00. The van der Waals surface area contributed by atoms with E-state index in [0.29, 0.717) is 11.3 Å². The molecule has 0 unspecified atom stereocenters. The second-order valence-corrected chi connectivity index (χ2v) is 6.55. The van der Waals surface area contributed by atoms with Crippen LogP contribution in [0, 0.1) is 5.82 Å². The molecule has 1 N–H and O–H groups in total. The molecule has 1 saturated carbocycles. The quantitative estimate of drug-likeness (QED) is 0.784. The van der Waals surface area contributed by atoms with Crippen molar-refractivity contribution in [3.05, 3.63) is 71.8 Å². The van der Waals surface area contributed by atoms with Gasteiger partial charge in [0.1, 0.15) is 12.1 Å². The van der Waals surface area contributed by atoms with E-state index in [9.17, 15) is 9.18 Å². The Kier molecular flexibility index (Phi) is 4.20. The summed E-state index contributed by atoms with van der Waals surface area (Å²) in [5.74, 6) is -0.437. The minimum atomic E-state index is -0.449. The van der Waals surface area contributed by atoms with Crippen LogP contribution in [-0.2, 0) is 5.54 Å². The molecular formula is C19H18FN5O. The van der Waals surface area contributed by atoms with E-state index in [0.717, 1.165) is 31.2 Å². The van der Waals surface area contributed by atoms with Crippen molar-refractivity contribution in [2.75, 3.05) is 0 Å². The number of carbonyl (C=O) groups is 1. The van der Waals surface area contributed by atoms with Crippen LogP contribution in [0.3, 0.4) is 0 Å². The molecule has 0 aliphatic heterocycles. The Hall–Kier alpha value is -3.09. The lowest BCUT2D eigenvalue weighted by molar-refractivity contribution is 0.0898. The molecule has 0 bridgehead atoms. The molecule has 7 heteroatoms. The number of aromatic nitrogens is 4. The molecule has 1 aliphatic rings. The second kappa shape index (κ2) is 6.67. The number of tetrazole rings is 1. The summed E-state index contributed by atoms with van der Waals surface area (Å²) in [5, 5.41) is 14.3. The van der Waals surface area contributed by atoms with Crippen molar-refractivity contribution in [3.8, 4) is 5.69 Å². The predicted molar refractivity (Wildman–Crippen MR) is 93.2 cm³/mol. The number of halogens is 1. The summed E-state index contributed by atoms with van der Waals surface area (Å²) in [5.41, 5.74) is 1.74. The van der Waals surface area contributed by atoms with Crippen LogP contribution >= 0.6 is 0 Å². The van der Waals surface area contributed by atoms with E-state index in [4.69, 9.17) is 0 Å². The average Bonchev–Trinajstić information content (AvgIpc) is 3.35. The summed E-state index contributed by atoms with van der Waals surface area (Å²) in [6.07, 6.45) is 5.23. The molecule has 1 aromatic heterocycles. The zero-order chi connectivity index (χ0) is 18.0. The highest BCUT2D eigenvalue weighted by Gasteiger charge is 2.37. The van der Waals surface area contributed by atoms with Crippen molar-refractivity contribution in [2.45, 2.75) is 31.2 Å². The van der Waals surface area contributed by atoms with E-state index in [-0.39, 0.29) is 11.7 Å². The van der Waals surface area contributed by atoms with Crippen LogP contribution in [0.4, 0.5) is 4.39 Å². The van der Waals surface area contributed by atoms with Crippen LogP contribution in [0.15, 0.2) is 54.9 Å². The standard InChI is InChI=1S/C19H18FN5O/c20-16-8-6-15(7-9-16)19(10-1-2-11-19)22-18(26)14-4-3-5-17(12-14)25-13-21-23-24-25/h3-9,12-13H,1-2,10-11H2,(H,22,26). The fourth-order valence-corrected chi connectivity index (χ4v) is 3.59. The number of nitrogens with one attached hydrogen (secondary N) is 1. The maximum Gasteiger partial charge on any atom is 0.252 e. The second-order valence-electron chi connectivity index (χ2n) is 6.55. The highest BCUT2D eigenvalue weighted by molar-refractivity contribution is 5.95. The Bertz CT molecular complexity index is 902. The van der Waals surface area contributed by atoms with Gasteiger partial charge in [0, 0.05) is 5.56 Å². The smallest absolute Gasteiger partial charge is 0.252 e. The maximum absolute atomic E-state index is 13.3. The zero-order valence-corrected chi connectivity index (χ0v) is 14.1. The van der Waals surface area contributed by atoms with Crippen molar-refractivity contribution in [1.82, 2.24) is 25.5 Å². The number of hydrogen-bond acceptors (Lipinski definition) is 4. The lowest BCUT2D eigenvalue weighted by Crippen LogP contribution is -2.43. The third-order valence-electron chi connectivity index (χ3n) is 4.93. The first-order valence-electron chi connectivity index (χ1n) is 8.58. The largest absolute Gasteiger partial charge is 0.343 e. The van der Waals surface area contributed by atoms with E-state index >= 15 is 0 Å². The topological polar surface area (TPSA) is 72.7 Å². The molecule has 26 heavy (non-hydrogen) atoms. The SMILES string of the molecule is O=C(NC1(c2ccc(F)cc2)CCCC1)c1cccc(-n2cnnn2)c1. The molecule has 1 aliphatic carbocycles. The number of hydrogen-bond donors (Lipinski definition) is 1. The van der Waals surface area contributed by atoms with Crippen LogP contribution in [0.5, 0.6) is 0 Å². The molecule has 2 aromatic carbocycles. The Morgan fingerprint density at radius 2 is 1.88 bits per heavy atom. The van der Waals surface area contributed by atoms with Crippen molar-refractivity contribution in [2.24, 2.45) is 0 Å². The van der Waals surface area contributed by atoms with Crippen molar-refractivity contribution < 1.29 is 9.18 Å². The Labute approximate surface area is 150 Å². The van der Waals surface area contributed by atoms with Gasteiger partial charge in [-0.3, -0.25) is 4.79 Å². The molecular weight excluding hydrogens is 333 g/mol. The van der Waals surface area contributed by atoms with Crippen molar-refractivity contribution in [1.29, 1.82) is 0 Å². The molecule has 0 radical (unpaired) electrons. The van der Waals surface area contributed by atoms with Gasteiger partial charge in [-0.15, -0.1) is 5.10 Å². The molecule has 0 saturated heterocycles. The van der Waals surface area contributed by atoms with Gasteiger partial charge in [0.2, 0.25) is 0 Å². The Balaban J connectivity index is 1.62. The van der Waals surface area contributed by atoms with Crippen LogP contribution in [0.2, 0.25) is 0 Å². The van der Waals surface area contributed by atoms with E-state index in [1.165, 1.54) is 23.1 Å². The zero-order valence-electron chi connectivity index (χ0n) is 14.1. The van der Waals surface area contributed by atoms with E-state index < -0.39 is 5.54 Å². The van der Waals surface area contributed by atoms with Gasteiger partial charge in [-0.2, -0.15) is 0 Å². The monoisotopic (exact) mass is 351 g/mol. The van der Waals surface area contributed by atoms with Crippen LogP contribution < -0.4 is 5.32 Å². The Morgan fingerprint density at radius 3 is 2.58 bits per heavy atom. The maximum atomic E-state index is 13.3. The summed E-state index contributed by atoms with van der Waals surface area (Å²) in [6.45, 7) is 0. The van der Waals surface area contributed by atoms with E-state index in [1.807, 2.05) is 6.07 Å². The fraction of sp³-hybridized carbons (Fsp3) is 0.263. The number of rotatable bonds is 4. The molecule has 132 valence electrons. The van der Waals surface area contributed by atoms with Gasteiger partial charge in [-0.25, -0.2) is 9.07 Å². The summed E-state index contributed by atoms with van der Waals surface area (Å²) in [4.78, 5) is 12.9. The van der Waals surface area contributed by atoms with E-state index in [2.05, 4.69) is 20.8 Å². The van der Waals surface area contributed by atoms with Gasteiger partial charge >= 0.3 is 0 Å². The van der Waals surface area contributed by atoms with Crippen LogP contribution in [-0.4, -0.2) is 26.1 Å². The third kappa shape index (κ3) is 3.08. The number of amides is 1. The first-order chi connectivity index (χ1) is 12.7. The highest BCUT2D eigenvalue weighted by Crippen LogP contribution is 2.39. The van der Waals surface area contributed by atoms with Crippen LogP contribution in [0.1, 0.15) is 41.6 Å². The van der Waals surface area contributed by atoms with Gasteiger partial charge in [0.05, 0.1) is 11.2 Å². The van der Waals surface area contributed by atoms with Crippen molar-refractivity contribution in [3.63, 3.8) is 0 Å². The number of nitrogens with zero attached hydrogens (tertiary/aromatic N) is 4. The number of carbonyl (C=O) groups excluding carboxylic acids is 1. The molecule has 1 fully saturated rings. The van der Waals surface area contributed by atoms with Gasteiger partial charge in [0.15, 0.2) is 0 Å². The van der Waals surface area contributed by atoms with Gasteiger partial charge in [-0.1, -0.05) is 31.0 Å². The number of benzene rings is 2. The minimum absolute atomic E-state index is 0.161. The Morgan fingerprint density at radius 1 is 1.12 bits per heavy atom. The molecule has 1 amide bonds. The summed E-state index contributed by atoms with van der Waals surface area (Å²) < 4.78 is 14.8. The summed E-state index contributed by atoms with van der Waals surface area (Å²) in [6, 6.07) is 13.6. The average molecular weight is 351 g/mol. The van der Waals surface area contributed by atoms with Gasteiger partial charge < -0.3 is 5.32 Å². The normalized spacial score (nSPS) is 15.7. The lowest BCUT2D eigenvalue weighted by atomic mass is 9.87. The van der Waals surface area contributed by atoms with E-state index in [1.54, 1.807) is 30.3 Å². The van der Waals surface area contributed by atoms with Crippen molar-refractivity contribution >= 4 is 5.91 Å². The molecule has 3 aromatic rings. The molecule has 0 spiro atoms. The third-order valence-corrected chi connectivity index (χ3v) is 4.93. The summed E-state index contributed by atoms with van der Waals surface area (Å²) in [7, 11) is 0.